The standard InChI is InChI=1S/C17H24N4O2S/c1-4-13-8-9-15(11-14(13)5-2)24(22,23)20-16-7-6-10-21-17(16)18-12(3)19-21/h8-9,11,16,20H,4-7,10H2,1-3H3. The summed E-state index contributed by atoms with van der Waals surface area (Å²) in [4.78, 5) is 4.72. The van der Waals surface area contributed by atoms with Gasteiger partial charge in [0.1, 0.15) is 11.6 Å². The van der Waals surface area contributed by atoms with E-state index in [1.165, 1.54) is 5.56 Å². The maximum atomic E-state index is 12.8. The Morgan fingerprint density at radius 2 is 2.00 bits per heavy atom. The van der Waals surface area contributed by atoms with Gasteiger partial charge in [-0.3, -0.25) is 0 Å². The van der Waals surface area contributed by atoms with Gasteiger partial charge >= 0.3 is 0 Å². The van der Waals surface area contributed by atoms with Crippen LogP contribution in [0.25, 0.3) is 0 Å². The van der Waals surface area contributed by atoms with Crippen LogP contribution >= 0.6 is 0 Å². The summed E-state index contributed by atoms with van der Waals surface area (Å²) in [5.41, 5.74) is 2.28. The van der Waals surface area contributed by atoms with E-state index in [2.05, 4.69) is 21.7 Å². The molecule has 1 aliphatic heterocycles. The summed E-state index contributed by atoms with van der Waals surface area (Å²) in [6.45, 7) is 6.75. The van der Waals surface area contributed by atoms with Crippen molar-refractivity contribution in [3.05, 3.63) is 41.0 Å². The molecule has 0 amide bonds. The lowest BCUT2D eigenvalue weighted by molar-refractivity contribution is 0.399. The highest BCUT2D eigenvalue weighted by Crippen LogP contribution is 2.26. The van der Waals surface area contributed by atoms with Crippen LogP contribution in [-0.4, -0.2) is 23.2 Å². The molecule has 24 heavy (non-hydrogen) atoms. The van der Waals surface area contributed by atoms with Crippen molar-refractivity contribution in [2.75, 3.05) is 0 Å². The average molecular weight is 348 g/mol. The largest absolute Gasteiger partial charge is 0.248 e. The minimum atomic E-state index is -3.58. The van der Waals surface area contributed by atoms with Gasteiger partial charge in [-0.15, -0.1) is 0 Å². The Balaban J connectivity index is 1.90. The van der Waals surface area contributed by atoms with E-state index in [4.69, 9.17) is 0 Å². The molecule has 0 radical (unpaired) electrons. The fourth-order valence-corrected chi connectivity index (χ4v) is 4.56. The van der Waals surface area contributed by atoms with Gasteiger partial charge in [0.05, 0.1) is 10.9 Å². The topological polar surface area (TPSA) is 76.9 Å². The molecule has 6 nitrogen and oxygen atoms in total. The predicted octanol–water partition coefficient (Wildman–Crippen LogP) is 2.52. The molecule has 0 aliphatic carbocycles. The lowest BCUT2D eigenvalue weighted by Crippen LogP contribution is -2.33. The Morgan fingerprint density at radius 3 is 2.71 bits per heavy atom. The number of nitrogens with one attached hydrogen (secondary N) is 1. The van der Waals surface area contributed by atoms with Gasteiger partial charge in [0.25, 0.3) is 0 Å². The van der Waals surface area contributed by atoms with E-state index in [9.17, 15) is 8.42 Å². The molecule has 130 valence electrons. The molecule has 3 rings (SSSR count). The van der Waals surface area contributed by atoms with Crippen LogP contribution < -0.4 is 4.72 Å². The number of aromatic nitrogens is 3. The van der Waals surface area contributed by atoms with Gasteiger partial charge in [0, 0.05) is 6.54 Å². The first-order valence-corrected chi connectivity index (χ1v) is 9.98. The van der Waals surface area contributed by atoms with Gasteiger partial charge in [-0.25, -0.2) is 22.8 Å². The monoisotopic (exact) mass is 348 g/mol. The van der Waals surface area contributed by atoms with Gasteiger partial charge in [0.2, 0.25) is 10.0 Å². The Labute approximate surface area is 143 Å². The minimum Gasteiger partial charge on any atom is -0.248 e. The third-order valence-corrected chi connectivity index (χ3v) is 6.00. The molecule has 0 spiro atoms. The average Bonchev–Trinajstić information content (AvgIpc) is 2.95. The second-order valence-electron chi connectivity index (χ2n) is 6.19. The summed E-state index contributed by atoms with van der Waals surface area (Å²) in [6, 6.07) is 5.08. The van der Waals surface area contributed by atoms with E-state index in [0.717, 1.165) is 37.8 Å². The molecule has 1 aliphatic rings. The Hall–Kier alpha value is -1.73. The number of rotatable bonds is 5. The fraction of sp³-hybridized carbons (Fsp3) is 0.529. The third-order valence-electron chi connectivity index (χ3n) is 4.53. The molecule has 0 saturated heterocycles. The van der Waals surface area contributed by atoms with Gasteiger partial charge in [-0.2, -0.15) is 5.10 Å². The van der Waals surface area contributed by atoms with Crippen molar-refractivity contribution in [1.29, 1.82) is 0 Å². The molecule has 7 heteroatoms. The van der Waals surface area contributed by atoms with Gasteiger partial charge in [-0.1, -0.05) is 19.9 Å². The quantitative estimate of drug-likeness (QED) is 0.901. The Bertz CT molecular complexity index is 842. The van der Waals surface area contributed by atoms with Crippen LogP contribution in [0.4, 0.5) is 0 Å². The number of hydrogen-bond acceptors (Lipinski definition) is 4. The van der Waals surface area contributed by atoms with E-state index in [0.29, 0.717) is 16.5 Å². The normalized spacial score (nSPS) is 17.7. The van der Waals surface area contributed by atoms with Crippen LogP contribution in [0, 0.1) is 6.92 Å². The van der Waals surface area contributed by atoms with Crippen LogP contribution in [0.2, 0.25) is 0 Å². The fourth-order valence-electron chi connectivity index (χ4n) is 3.28. The summed E-state index contributed by atoms with van der Waals surface area (Å²) in [5.74, 6) is 1.39. The summed E-state index contributed by atoms with van der Waals surface area (Å²) >= 11 is 0. The van der Waals surface area contributed by atoms with E-state index < -0.39 is 10.0 Å². The van der Waals surface area contributed by atoms with Crippen molar-refractivity contribution >= 4 is 10.0 Å². The maximum Gasteiger partial charge on any atom is 0.241 e. The van der Waals surface area contributed by atoms with Crippen molar-refractivity contribution in [3.63, 3.8) is 0 Å². The molecule has 1 aromatic heterocycles. The van der Waals surface area contributed by atoms with Gasteiger partial charge in [0.15, 0.2) is 0 Å². The summed E-state index contributed by atoms with van der Waals surface area (Å²) < 4.78 is 30.3. The summed E-state index contributed by atoms with van der Waals surface area (Å²) in [7, 11) is -3.58. The smallest absolute Gasteiger partial charge is 0.241 e. The minimum absolute atomic E-state index is 0.319. The van der Waals surface area contributed by atoms with Crippen molar-refractivity contribution in [2.24, 2.45) is 0 Å². The summed E-state index contributed by atoms with van der Waals surface area (Å²) in [5, 5.41) is 4.32. The molecule has 1 atom stereocenters. The third kappa shape index (κ3) is 3.23. The highest BCUT2D eigenvalue weighted by atomic mass is 32.2. The van der Waals surface area contributed by atoms with Crippen LogP contribution in [0.1, 0.15) is 55.5 Å². The second kappa shape index (κ2) is 6.64. The molecule has 0 bridgehead atoms. The predicted molar refractivity (Wildman–Crippen MR) is 92.3 cm³/mol. The number of hydrogen-bond donors (Lipinski definition) is 1. The molecule has 0 saturated carbocycles. The van der Waals surface area contributed by atoms with E-state index in [-0.39, 0.29) is 6.04 Å². The van der Waals surface area contributed by atoms with Crippen LogP contribution in [-0.2, 0) is 29.4 Å². The Morgan fingerprint density at radius 1 is 1.25 bits per heavy atom. The first-order valence-electron chi connectivity index (χ1n) is 8.50. The maximum absolute atomic E-state index is 12.8. The molecule has 2 aromatic rings. The number of sulfonamides is 1. The number of nitrogens with zero attached hydrogens (tertiary/aromatic N) is 3. The zero-order chi connectivity index (χ0) is 17.3. The molecule has 2 heterocycles. The first-order chi connectivity index (χ1) is 11.4. The second-order valence-corrected chi connectivity index (χ2v) is 7.91. The van der Waals surface area contributed by atoms with E-state index >= 15 is 0 Å². The molecular formula is C17H24N4O2S. The van der Waals surface area contributed by atoms with Crippen LogP contribution in [0.5, 0.6) is 0 Å². The molecule has 1 aromatic carbocycles. The van der Waals surface area contributed by atoms with Crippen LogP contribution in [0.15, 0.2) is 23.1 Å². The SMILES string of the molecule is CCc1ccc(S(=O)(=O)NC2CCCn3nc(C)nc32)cc1CC. The lowest BCUT2D eigenvalue weighted by atomic mass is 10.0. The van der Waals surface area contributed by atoms with Gasteiger partial charge in [-0.05, 0) is 55.9 Å². The van der Waals surface area contributed by atoms with Crippen molar-refractivity contribution in [3.8, 4) is 0 Å². The number of benzene rings is 1. The first kappa shape index (κ1) is 17.1. The van der Waals surface area contributed by atoms with E-state index in [1.54, 1.807) is 12.1 Å². The summed E-state index contributed by atoms with van der Waals surface area (Å²) in [6.07, 6.45) is 3.36. The molecular weight excluding hydrogens is 324 g/mol. The lowest BCUT2D eigenvalue weighted by Gasteiger charge is -2.23. The molecule has 1 N–H and O–H groups in total. The van der Waals surface area contributed by atoms with Crippen LogP contribution in [0.3, 0.4) is 0 Å². The van der Waals surface area contributed by atoms with Crippen molar-refractivity contribution in [2.45, 2.75) is 63.9 Å². The molecule has 0 fully saturated rings. The van der Waals surface area contributed by atoms with Crippen molar-refractivity contribution < 1.29 is 8.42 Å². The van der Waals surface area contributed by atoms with Gasteiger partial charge < -0.3 is 0 Å². The van der Waals surface area contributed by atoms with Crippen molar-refractivity contribution in [1.82, 2.24) is 19.5 Å². The number of aryl methyl sites for hydroxylation is 4. The van der Waals surface area contributed by atoms with E-state index in [1.807, 2.05) is 24.6 Å². The number of fused-ring (bicyclic) bond motifs is 1. The zero-order valence-corrected chi connectivity index (χ0v) is 15.2. The molecule has 1 unspecified atom stereocenters. The highest BCUT2D eigenvalue weighted by molar-refractivity contribution is 7.89. The Kier molecular flexibility index (Phi) is 4.73. The zero-order valence-electron chi connectivity index (χ0n) is 14.4. The highest BCUT2D eigenvalue weighted by Gasteiger charge is 2.28.